The third-order valence-electron chi connectivity index (χ3n) is 3.66. The second-order valence-electron chi connectivity index (χ2n) is 4.89. The third-order valence-corrected chi connectivity index (χ3v) is 4.05. The standard InChI is InChI=1S/C15H17ClN2O/c1-19-12-9-7-11(8-10-12)18-15(16)13-5-3-2-4-6-14(13)17-18/h7-10H,2-6H2,1H3. The van der Waals surface area contributed by atoms with E-state index in [1.54, 1.807) is 7.11 Å². The first-order valence-corrected chi connectivity index (χ1v) is 7.08. The maximum atomic E-state index is 6.49. The van der Waals surface area contributed by atoms with E-state index in [0.717, 1.165) is 29.4 Å². The van der Waals surface area contributed by atoms with Gasteiger partial charge in [0, 0.05) is 5.56 Å². The number of benzene rings is 1. The van der Waals surface area contributed by atoms with Crippen molar-refractivity contribution in [3.05, 3.63) is 40.7 Å². The molecule has 0 spiro atoms. The van der Waals surface area contributed by atoms with Gasteiger partial charge in [0.1, 0.15) is 10.9 Å². The van der Waals surface area contributed by atoms with Crippen LogP contribution in [0.4, 0.5) is 0 Å². The molecule has 1 aliphatic rings. The summed E-state index contributed by atoms with van der Waals surface area (Å²) in [6, 6.07) is 7.82. The highest BCUT2D eigenvalue weighted by molar-refractivity contribution is 6.30. The maximum Gasteiger partial charge on any atom is 0.136 e. The molecule has 1 aromatic heterocycles. The van der Waals surface area contributed by atoms with E-state index < -0.39 is 0 Å². The summed E-state index contributed by atoms with van der Waals surface area (Å²) in [5, 5.41) is 5.45. The predicted molar refractivity (Wildman–Crippen MR) is 76.4 cm³/mol. The van der Waals surface area contributed by atoms with Gasteiger partial charge in [0.15, 0.2) is 0 Å². The average molecular weight is 277 g/mol. The molecule has 4 heteroatoms. The van der Waals surface area contributed by atoms with Crippen LogP contribution in [0.3, 0.4) is 0 Å². The van der Waals surface area contributed by atoms with Gasteiger partial charge in [-0.1, -0.05) is 18.0 Å². The Labute approximate surface area is 118 Å². The third kappa shape index (κ3) is 2.35. The summed E-state index contributed by atoms with van der Waals surface area (Å²) in [6.45, 7) is 0. The van der Waals surface area contributed by atoms with Crippen LogP contribution in [0.2, 0.25) is 5.15 Å². The summed E-state index contributed by atoms with van der Waals surface area (Å²) in [5.41, 5.74) is 3.38. The minimum absolute atomic E-state index is 0.766. The normalized spacial score (nSPS) is 14.8. The topological polar surface area (TPSA) is 27.1 Å². The van der Waals surface area contributed by atoms with Crippen molar-refractivity contribution in [1.82, 2.24) is 9.78 Å². The van der Waals surface area contributed by atoms with Crippen molar-refractivity contribution in [3.8, 4) is 11.4 Å². The van der Waals surface area contributed by atoms with Crippen LogP contribution in [0.15, 0.2) is 24.3 Å². The van der Waals surface area contributed by atoms with E-state index in [4.69, 9.17) is 16.3 Å². The molecule has 0 saturated carbocycles. The zero-order valence-corrected chi connectivity index (χ0v) is 11.8. The van der Waals surface area contributed by atoms with Crippen molar-refractivity contribution in [2.75, 3.05) is 7.11 Å². The van der Waals surface area contributed by atoms with Gasteiger partial charge in [-0.15, -0.1) is 0 Å². The fraction of sp³-hybridized carbons (Fsp3) is 0.400. The van der Waals surface area contributed by atoms with E-state index >= 15 is 0 Å². The summed E-state index contributed by atoms with van der Waals surface area (Å²) < 4.78 is 7.01. The zero-order valence-electron chi connectivity index (χ0n) is 11.0. The van der Waals surface area contributed by atoms with Gasteiger partial charge in [0.25, 0.3) is 0 Å². The number of hydrogen-bond donors (Lipinski definition) is 0. The molecule has 0 bridgehead atoms. The molecule has 0 radical (unpaired) electrons. The first-order chi connectivity index (χ1) is 9.29. The Morgan fingerprint density at radius 1 is 1.11 bits per heavy atom. The number of ether oxygens (including phenoxy) is 1. The molecule has 0 amide bonds. The molecule has 19 heavy (non-hydrogen) atoms. The largest absolute Gasteiger partial charge is 0.497 e. The number of nitrogens with zero attached hydrogens (tertiary/aromatic N) is 2. The summed E-state index contributed by atoms with van der Waals surface area (Å²) in [6.07, 6.45) is 5.78. The Morgan fingerprint density at radius 2 is 1.84 bits per heavy atom. The molecule has 1 aliphatic carbocycles. The Balaban J connectivity index is 2.00. The van der Waals surface area contributed by atoms with Crippen LogP contribution in [-0.4, -0.2) is 16.9 Å². The van der Waals surface area contributed by atoms with Gasteiger partial charge < -0.3 is 4.74 Å². The lowest BCUT2D eigenvalue weighted by Gasteiger charge is -2.05. The fourth-order valence-corrected chi connectivity index (χ4v) is 2.92. The number of aromatic nitrogens is 2. The van der Waals surface area contributed by atoms with E-state index in [1.165, 1.54) is 30.5 Å². The molecular formula is C15H17ClN2O. The first-order valence-electron chi connectivity index (χ1n) is 6.70. The summed E-state index contributed by atoms with van der Waals surface area (Å²) >= 11 is 6.49. The second kappa shape index (κ2) is 5.25. The quantitative estimate of drug-likeness (QED) is 0.780. The van der Waals surface area contributed by atoms with E-state index in [-0.39, 0.29) is 0 Å². The Hall–Kier alpha value is -1.48. The van der Waals surface area contributed by atoms with Gasteiger partial charge in [-0.05, 0) is 49.9 Å². The van der Waals surface area contributed by atoms with Crippen molar-refractivity contribution in [3.63, 3.8) is 0 Å². The lowest BCUT2D eigenvalue weighted by Crippen LogP contribution is -1.98. The first kappa shape index (κ1) is 12.5. The molecule has 0 atom stereocenters. The molecule has 0 aliphatic heterocycles. The van der Waals surface area contributed by atoms with Crippen molar-refractivity contribution in [2.24, 2.45) is 0 Å². The highest BCUT2D eigenvalue weighted by Gasteiger charge is 2.18. The van der Waals surface area contributed by atoms with Gasteiger partial charge in [0.05, 0.1) is 18.5 Å². The van der Waals surface area contributed by atoms with Gasteiger partial charge in [-0.3, -0.25) is 0 Å². The molecule has 3 rings (SSSR count). The van der Waals surface area contributed by atoms with E-state index in [2.05, 4.69) is 5.10 Å². The van der Waals surface area contributed by atoms with Gasteiger partial charge in [-0.25, -0.2) is 4.68 Å². The molecule has 0 N–H and O–H groups in total. The number of methoxy groups -OCH3 is 1. The summed E-state index contributed by atoms with van der Waals surface area (Å²) in [4.78, 5) is 0. The van der Waals surface area contributed by atoms with E-state index in [1.807, 2.05) is 28.9 Å². The minimum Gasteiger partial charge on any atom is -0.497 e. The number of halogens is 1. The monoisotopic (exact) mass is 276 g/mol. The minimum atomic E-state index is 0.766. The van der Waals surface area contributed by atoms with E-state index in [0.29, 0.717) is 0 Å². The Bertz CT molecular complexity index is 575. The summed E-state index contributed by atoms with van der Waals surface area (Å²) in [7, 11) is 1.66. The number of fused-ring (bicyclic) bond motifs is 1. The SMILES string of the molecule is COc1ccc(-n2nc3c(c2Cl)CCCCC3)cc1. The Kier molecular flexibility index (Phi) is 3.47. The molecule has 0 fully saturated rings. The number of aryl methyl sites for hydroxylation is 1. The van der Waals surface area contributed by atoms with Crippen LogP contribution in [0.1, 0.15) is 30.5 Å². The van der Waals surface area contributed by atoms with Crippen LogP contribution >= 0.6 is 11.6 Å². The molecule has 100 valence electrons. The Morgan fingerprint density at radius 3 is 2.58 bits per heavy atom. The predicted octanol–water partition coefficient (Wildman–Crippen LogP) is 3.80. The average Bonchev–Trinajstić information content (AvgIpc) is 2.64. The van der Waals surface area contributed by atoms with Crippen LogP contribution in [0.25, 0.3) is 5.69 Å². The highest BCUT2D eigenvalue weighted by atomic mass is 35.5. The van der Waals surface area contributed by atoms with Crippen molar-refractivity contribution < 1.29 is 4.74 Å². The van der Waals surface area contributed by atoms with Crippen molar-refractivity contribution >= 4 is 11.6 Å². The zero-order chi connectivity index (χ0) is 13.2. The molecule has 0 unspecified atom stereocenters. The maximum absolute atomic E-state index is 6.49. The van der Waals surface area contributed by atoms with Gasteiger partial charge in [-0.2, -0.15) is 5.10 Å². The van der Waals surface area contributed by atoms with Crippen LogP contribution in [-0.2, 0) is 12.8 Å². The van der Waals surface area contributed by atoms with Crippen molar-refractivity contribution in [2.45, 2.75) is 32.1 Å². The van der Waals surface area contributed by atoms with Gasteiger partial charge in [0.2, 0.25) is 0 Å². The number of hydrogen-bond acceptors (Lipinski definition) is 2. The smallest absolute Gasteiger partial charge is 0.136 e. The second-order valence-corrected chi connectivity index (χ2v) is 5.24. The lowest BCUT2D eigenvalue weighted by atomic mass is 10.1. The number of rotatable bonds is 2. The lowest BCUT2D eigenvalue weighted by molar-refractivity contribution is 0.414. The highest BCUT2D eigenvalue weighted by Crippen LogP contribution is 2.29. The van der Waals surface area contributed by atoms with Crippen LogP contribution < -0.4 is 4.74 Å². The fourth-order valence-electron chi connectivity index (χ4n) is 2.59. The molecule has 0 saturated heterocycles. The van der Waals surface area contributed by atoms with Crippen LogP contribution in [0.5, 0.6) is 5.75 Å². The molecule has 1 aromatic carbocycles. The van der Waals surface area contributed by atoms with Crippen LogP contribution in [0, 0.1) is 0 Å². The summed E-state index contributed by atoms with van der Waals surface area (Å²) in [5.74, 6) is 0.841. The molecular weight excluding hydrogens is 260 g/mol. The molecule has 3 nitrogen and oxygen atoms in total. The molecule has 1 heterocycles. The van der Waals surface area contributed by atoms with Gasteiger partial charge >= 0.3 is 0 Å². The van der Waals surface area contributed by atoms with Crippen molar-refractivity contribution in [1.29, 1.82) is 0 Å². The molecule has 2 aromatic rings. The van der Waals surface area contributed by atoms with E-state index in [9.17, 15) is 0 Å².